The maximum atomic E-state index is 13.2. The highest BCUT2D eigenvalue weighted by Gasteiger charge is 2.20. The molecule has 4 aromatic rings. The van der Waals surface area contributed by atoms with Gasteiger partial charge in [0.05, 0.1) is 22.8 Å². The molecule has 1 N–H and O–H groups in total. The van der Waals surface area contributed by atoms with Crippen LogP contribution in [-0.2, 0) is 11.2 Å². The molecule has 1 aromatic heterocycles. The normalized spacial score (nSPS) is 11.7. The highest BCUT2D eigenvalue weighted by Crippen LogP contribution is 2.28. The minimum absolute atomic E-state index is 0.0142. The molecule has 200 valence electrons. The van der Waals surface area contributed by atoms with Crippen molar-refractivity contribution in [3.8, 4) is 5.75 Å². The van der Waals surface area contributed by atoms with Crippen LogP contribution in [0.1, 0.15) is 45.7 Å². The summed E-state index contributed by atoms with van der Waals surface area (Å²) in [5, 5.41) is 21.0. The van der Waals surface area contributed by atoms with E-state index < -0.39 is 28.2 Å². The fourth-order valence-electron chi connectivity index (χ4n) is 4.53. The number of hydrogen-bond acceptors (Lipinski definition) is 7. The minimum atomic E-state index is -0.865. The first-order valence-corrected chi connectivity index (χ1v) is 12.4. The van der Waals surface area contributed by atoms with E-state index in [0.29, 0.717) is 41.5 Å². The minimum Gasteiger partial charge on any atom is -0.493 e. The summed E-state index contributed by atoms with van der Waals surface area (Å²) in [6.45, 7) is 3.75. The van der Waals surface area contributed by atoms with Crippen LogP contribution < -0.4 is 10.4 Å². The molecule has 9 nitrogen and oxygen atoms in total. The molecule has 1 atom stereocenters. The van der Waals surface area contributed by atoms with Crippen LogP contribution in [0.15, 0.2) is 75.9 Å². The third kappa shape index (κ3) is 6.38. The molecule has 0 aliphatic carbocycles. The van der Waals surface area contributed by atoms with Crippen molar-refractivity contribution >= 4 is 28.2 Å². The number of benzene rings is 3. The van der Waals surface area contributed by atoms with E-state index in [4.69, 9.17) is 9.15 Å². The number of hydrogen-bond donors (Lipinski definition) is 1. The molecule has 0 fully saturated rings. The number of ketones is 1. The Morgan fingerprint density at radius 2 is 1.69 bits per heavy atom. The van der Waals surface area contributed by atoms with Crippen LogP contribution >= 0.6 is 0 Å². The number of nitro groups is 1. The molecule has 0 spiro atoms. The summed E-state index contributed by atoms with van der Waals surface area (Å²) in [7, 11) is 0. The number of carboxylic acids is 1. The van der Waals surface area contributed by atoms with E-state index >= 15 is 0 Å². The molecule has 0 saturated carbocycles. The SMILES string of the molecule is Cc1cc(C(=O)c2cc3ccc([N+](=O)[O-])cc3c(=O)o2)cc(C)c1OCCC(CCc1ccccc1)C(=O)O. The standard InChI is InChI=1S/C30H27NO8/c1-18-14-23(27(32)26-16-22-10-11-24(31(36)37)17-25(22)30(35)39-26)15-19(2)28(18)38-13-12-21(29(33)34)9-8-20-6-4-3-5-7-20/h3-7,10-11,14-17,21H,8-9,12-13H2,1-2H3,(H,33,34). The van der Waals surface area contributed by atoms with Gasteiger partial charge in [-0.05, 0) is 79.5 Å². The second-order valence-electron chi connectivity index (χ2n) is 9.39. The fraction of sp³-hybridized carbons (Fsp3) is 0.233. The molecular formula is C30H27NO8. The van der Waals surface area contributed by atoms with Gasteiger partial charge in [0.2, 0.25) is 5.78 Å². The third-order valence-corrected chi connectivity index (χ3v) is 6.59. The van der Waals surface area contributed by atoms with Crippen molar-refractivity contribution in [2.75, 3.05) is 6.61 Å². The van der Waals surface area contributed by atoms with Crippen molar-refractivity contribution < 1.29 is 28.8 Å². The number of rotatable bonds is 11. The van der Waals surface area contributed by atoms with Crippen molar-refractivity contribution in [2.24, 2.45) is 5.92 Å². The molecule has 0 aliphatic rings. The lowest BCUT2D eigenvalue weighted by atomic mass is 9.97. The van der Waals surface area contributed by atoms with Crippen LogP contribution in [0.2, 0.25) is 0 Å². The molecule has 39 heavy (non-hydrogen) atoms. The molecule has 0 bridgehead atoms. The molecular weight excluding hydrogens is 502 g/mol. The first kappa shape index (κ1) is 27.3. The Morgan fingerprint density at radius 1 is 1.00 bits per heavy atom. The second kappa shape index (κ2) is 11.7. The summed E-state index contributed by atoms with van der Waals surface area (Å²) < 4.78 is 11.2. The lowest BCUT2D eigenvalue weighted by molar-refractivity contribution is -0.384. The van der Waals surface area contributed by atoms with Crippen molar-refractivity contribution in [1.29, 1.82) is 0 Å². The van der Waals surface area contributed by atoms with E-state index in [1.165, 1.54) is 18.2 Å². The molecule has 3 aromatic carbocycles. The van der Waals surface area contributed by atoms with Crippen LogP contribution in [0.25, 0.3) is 10.8 Å². The molecule has 0 aliphatic heterocycles. The topological polar surface area (TPSA) is 137 Å². The highest BCUT2D eigenvalue weighted by molar-refractivity contribution is 6.08. The second-order valence-corrected chi connectivity index (χ2v) is 9.39. The number of non-ortho nitro benzene ring substituents is 1. The Kier molecular flexibility index (Phi) is 8.19. The quantitative estimate of drug-likeness (QED) is 0.149. The summed E-state index contributed by atoms with van der Waals surface area (Å²) in [5.74, 6) is -1.56. The Bertz CT molecular complexity index is 1580. The van der Waals surface area contributed by atoms with E-state index in [-0.39, 0.29) is 29.0 Å². The number of nitrogens with zero attached hydrogens (tertiary/aromatic N) is 1. The number of carbonyl (C=O) groups is 2. The molecule has 1 unspecified atom stereocenters. The summed E-state index contributed by atoms with van der Waals surface area (Å²) in [6, 6.07) is 18.1. The number of aliphatic carboxylic acids is 1. The van der Waals surface area contributed by atoms with E-state index in [1.807, 2.05) is 30.3 Å². The fourth-order valence-corrected chi connectivity index (χ4v) is 4.53. The highest BCUT2D eigenvalue weighted by atomic mass is 16.6. The van der Waals surface area contributed by atoms with Crippen molar-refractivity contribution in [2.45, 2.75) is 33.1 Å². The van der Waals surface area contributed by atoms with Crippen LogP contribution in [-0.4, -0.2) is 28.4 Å². The Hall–Kier alpha value is -4.79. The molecule has 1 heterocycles. The van der Waals surface area contributed by atoms with Gasteiger partial charge in [-0.25, -0.2) is 4.79 Å². The third-order valence-electron chi connectivity index (χ3n) is 6.59. The average Bonchev–Trinajstić information content (AvgIpc) is 2.91. The van der Waals surface area contributed by atoms with Gasteiger partial charge in [-0.15, -0.1) is 0 Å². The lowest BCUT2D eigenvalue weighted by Crippen LogP contribution is -2.18. The first-order chi connectivity index (χ1) is 18.6. The number of carbonyl (C=O) groups excluding carboxylic acids is 1. The van der Waals surface area contributed by atoms with E-state index in [2.05, 4.69) is 0 Å². The molecule has 0 saturated heterocycles. The smallest absolute Gasteiger partial charge is 0.344 e. The van der Waals surface area contributed by atoms with Crippen LogP contribution in [0.3, 0.4) is 0 Å². The van der Waals surface area contributed by atoms with E-state index in [0.717, 1.165) is 11.6 Å². The largest absolute Gasteiger partial charge is 0.493 e. The van der Waals surface area contributed by atoms with Gasteiger partial charge in [-0.1, -0.05) is 30.3 Å². The average molecular weight is 530 g/mol. The zero-order valence-electron chi connectivity index (χ0n) is 21.5. The van der Waals surface area contributed by atoms with E-state index in [9.17, 15) is 29.6 Å². The zero-order valence-corrected chi connectivity index (χ0v) is 21.5. The summed E-state index contributed by atoms with van der Waals surface area (Å²) in [6.07, 6.45) is 1.50. The molecule has 4 rings (SSSR count). The van der Waals surface area contributed by atoms with Crippen molar-refractivity contribution in [3.05, 3.63) is 115 Å². The molecule has 0 radical (unpaired) electrons. The van der Waals surface area contributed by atoms with Crippen LogP contribution in [0.4, 0.5) is 5.69 Å². The van der Waals surface area contributed by atoms with Gasteiger partial charge in [0, 0.05) is 17.7 Å². The van der Waals surface area contributed by atoms with Gasteiger partial charge < -0.3 is 14.3 Å². The number of fused-ring (bicyclic) bond motifs is 1. The van der Waals surface area contributed by atoms with Gasteiger partial charge >= 0.3 is 11.6 Å². The van der Waals surface area contributed by atoms with Gasteiger partial charge in [-0.2, -0.15) is 0 Å². The van der Waals surface area contributed by atoms with Crippen molar-refractivity contribution in [3.63, 3.8) is 0 Å². The Balaban J connectivity index is 1.46. The van der Waals surface area contributed by atoms with Crippen molar-refractivity contribution in [1.82, 2.24) is 0 Å². The predicted octanol–water partition coefficient (Wildman–Crippen LogP) is 5.65. The predicted molar refractivity (Wildman–Crippen MR) is 144 cm³/mol. The monoisotopic (exact) mass is 529 g/mol. The van der Waals surface area contributed by atoms with E-state index in [1.54, 1.807) is 26.0 Å². The maximum Gasteiger partial charge on any atom is 0.344 e. The zero-order chi connectivity index (χ0) is 28.1. The number of nitro benzene ring substituents is 1. The Labute approximate surface area is 223 Å². The van der Waals surface area contributed by atoms with Crippen LogP contribution in [0, 0.1) is 29.9 Å². The van der Waals surface area contributed by atoms with Gasteiger partial charge in [0.15, 0.2) is 5.76 Å². The van der Waals surface area contributed by atoms with Gasteiger partial charge in [-0.3, -0.25) is 19.7 Å². The molecule has 9 heteroatoms. The summed E-state index contributed by atoms with van der Waals surface area (Å²) in [4.78, 5) is 47.7. The van der Waals surface area contributed by atoms with Crippen LogP contribution in [0.5, 0.6) is 5.75 Å². The maximum absolute atomic E-state index is 13.2. The van der Waals surface area contributed by atoms with Gasteiger partial charge in [0.25, 0.3) is 5.69 Å². The summed E-state index contributed by atoms with van der Waals surface area (Å²) in [5.41, 5.74) is 1.63. The number of carboxylic acid groups (broad SMARTS) is 1. The first-order valence-electron chi connectivity index (χ1n) is 12.4. The summed E-state index contributed by atoms with van der Waals surface area (Å²) >= 11 is 0. The Morgan fingerprint density at radius 3 is 2.33 bits per heavy atom. The molecule has 0 amide bonds. The number of ether oxygens (including phenoxy) is 1. The number of aryl methyl sites for hydroxylation is 3. The lowest BCUT2D eigenvalue weighted by Gasteiger charge is -2.16. The van der Waals surface area contributed by atoms with Gasteiger partial charge in [0.1, 0.15) is 5.75 Å².